The van der Waals surface area contributed by atoms with Crippen molar-refractivity contribution in [3.63, 3.8) is 0 Å². The number of carboxylic acid groups (broad SMARTS) is 1. The smallest absolute Gasteiger partial charge is 0.320 e. The Morgan fingerprint density at radius 2 is 1.49 bits per heavy atom. The van der Waals surface area contributed by atoms with E-state index in [1.54, 1.807) is 18.2 Å². The highest BCUT2D eigenvalue weighted by Gasteiger charge is 2.37. The van der Waals surface area contributed by atoms with E-state index >= 15 is 0 Å². The molecule has 3 amide bonds. The van der Waals surface area contributed by atoms with E-state index in [1.807, 2.05) is 44.2 Å². The molecule has 12 heteroatoms. The molecule has 0 saturated heterocycles. The Kier molecular flexibility index (Phi) is 9.94. The molecular weight excluding hydrogens is 572 g/mol. The highest BCUT2D eigenvalue weighted by atomic mass is 32.2. The summed E-state index contributed by atoms with van der Waals surface area (Å²) in [4.78, 5) is 52.3. The maximum Gasteiger partial charge on any atom is 0.320 e. The van der Waals surface area contributed by atoms with Gasteiger partial charge in [0.25, 0.3) is 21.8 Å². The molecule has 0 saturated carbocycles. The van der Waals surface area contributed by atoms with E-state index in [0.29, 0.717) is 6.42 Å². The molecule has 2 unspecified atom stereocenters. The first-order valence-corrected chi connectivity index (χ1v) is 15.3. The highest BCUT2D eigenvalue weighted by molar-refractivity contribution is 7.92. The van der Waals surface area contributed by atoms with Crippen molar-refractivity contribution in [3.05, 3.63) is 95.6 Å². The predicted molar refractivity (Wildman–Crippen MR) is 160 cm³/mol. The van der Waals surface area contributed by atoms with Crippen LogP contribution >= 0.6 is 0 Å². The number of fused-ring (bicyclic) bond motifs is 1. The zero-order valence-corrected chi connectivity index (χ0v) is 24.6. The van der Waals surface area contributed by atoms with Gasteiger partial charge in [-0.1, -0.05) is 62.4 Å². The third-order valence-corrected chi connectivity index (χ3v) is 8.35. The number of nitrogens with one attached hydrogen (secondary N) is 3. The summed E-state index contributed by atoms with van der Waals surface area (Å²) in [6.07, 6.45) is 0.230. The second-order valence-corrected chi connectivity index (χ2v) is 12.4. The second-order valence-electron chi connectivity index (χ2n) is 10.7. The number of nitrogens with zero attached hydrogens (tertiary/aromatic N) is 1. The summed E-state index contributed by atoms with van der Waals surface area (Å²) in [6, 6.07) is 19.0. The first kappa shape index (κ1) is 31.4. The fraction of sp³-hybridized carbons (Fsp3) is 0.290. The Hall–Kier alpha value is -4.55. The summed E-state index contributed by atoms with van der Waals surface area (Å²) in [5.41, 5.74) is 1.10. The lowest BCUT2D eigenvalue weighted by atomic mass is 10.0. The quantitative estimate of drug-likeness (QED) is 0.203. The first-order valence-electron chi connectivity index (χ1n) is 13.8. The van der Waals surface area contributed by atoms with E-state index in [2.05, 4.69) is 15.4 Å². The Morgan fingerprint density at radius 1 is 0.860 bits per heavy atom. The van der Waals surface area contributed by atoms with Crippen molar-refractivity contribution in [2.24, 2.45) is 5.92 Å². The van der Waals surface area contributed by atoms with Gasteiger partial charge in [-0.2, -0.15) is 0 Å². The van der Waals surface area contributed by atoms with E-state index in [-0.39, 0.29) is 53.0 Å². The monoisotopic (exact) mass is 606 g/mol. The normalized spacial score (nSPS) is 14.3. The summed E-state index contributed by atoms with van der Waals surface area (Å²) in [6.45, 7) is 3.90. The van der Waals surface area contributed by atoms with Crippen LogP contribution in [-0.2, 0) is 26.2 Å². The molecule has 11 nitrogen and oxygen atoms in total. The minimum atomic E-state index is -3.92. The fourth-order valence-electron chi connectivity index (χ4n) is 4.78. The van der Waals surface area contributed by atoms with Crippen LogP contribution in [0.4, 0.5) is 5.69 Å². The number of amides is 3. The lowest BCUT2D eigenvalue weighted by Gasteiger charge is -2.25. The average molecular weight is 607 g/mol. The molecule has 0 aromatic heterocycles. The van der Waals surface area contributed by atoms with Crippen LogP contribution in [0, 0.1) is 5.92 Å². The minimum Gasteiger partial charge on any atom is -0.480 e. The molecule has 3 aromatic carbocycles. The van der Waals surface area contributed by atoms with Gasteiger partial charge in [0.15, 0.2) is 0 Å². The van der Waals surface area contributed by atoms with E-state index in [9.17, 15) is 32.7 Å². The number of carbonyl (C=O) groups is 4. The van der Waals surface area contributed by atoms with E-state index in [0.717, 1.165) is 10.5 Å². The molecule has 0 aliphatic carbocycles. The second kappa shape index (κ2) is 13.6. The van der Waals surface area contributed by atoms with Crippen LogP contribution in [0.25, 0.3) is 0 Å². The molecule has 0 fully saturated rings. The highest BCUT2D eigenvalue weighted by Crippen LogP contribution is 2.27. The number of sulfonamides is 1. The summed E-state index contributed by atoms with van der Waals surface area (Å²) in [5.74, 6) is -2.77. The van der Waals surface area contributed by atoms with Crippen LogP contribution in [0.1, 0.15) is 53.0 Å². The number of carboxylic acids is 1. The third kappa shape index (κ3) is 7.85. The Balaban J connectivity index is 1.42. The summed E-state index contributed by atoms with van der Waals surface area (Å²) >= 11 is 0. The fourth-order valence-corrected chi connectivity index (χ4v) is 5.85. The number of imide groups is 1. The van der Waals surface area contributed by atoms with Crippen molar-refractivity contribution in [2.45, 2.75) is 50.2 Å². The maximum atomic E-state index is 13.2. The lowest BCUT2D eigenvalue weighted by molar-refractivity contribution is -0.140. The SMILES string of the molecule is CC(C)CC(NC(CCN1C(=O)c2ccc(NS(=O)(=O)c3ccccc3)cc2C1=O)C(=O)O)C(=O)NCc1ccccc1. The maximum absolute atomic E-state index is 13.2. The Labute approximate surface area is 250 Å². The van der Waals surface area contributed by atoms with Gasteiger partial charge in [0, 0.05) is 18.8 Å². The largest absolute Gasteiger partial charge is 0.480 e. The van der Waals surface area contributed by atoms with Crippen LogP contribution in [0.5, 0.6) is 0 Å². The number of aliphatic carboxylic acids is 1. The standard InChI is InChI=1S/C31H34N4O7S/c1-20(2)17-27(28(36)32-19-21-9-5-3-6-10-21)33-26(31(39)40)15-16-35-29(37)24-14-13-22(18-25(24)30(35)38)34-43(41,42)23-11-7-4-8-12-23/h3-14,18,20,26-27,33-34H,15-17,19H2,1-2H3,(H,32,36)(H,39,40). The molecule has 2 atom stereocenters. The summed E-state index contributed by atoms with van der Waals surface area (Å²) in [5, 5.41) is 15.7. The van der Waals surface area contributed by atoms with Crippen LogP contribution in [0.2, 0.25) is 0 Å². The first-order chi connectivity index (χ1) is 20.5. The van der Waals surface area contributed by atoms with E-state index in [4.69, 9.17) is 0 Å². The zero-order valence-electron chi connectivity index (χ0n) is 23.8. The zero-order chi connectivity index (χ0) is 31.1. The molecule has 1 heterocycles. The van der Waals surface area contributed by atoms with Crippen molar-refractivity contribution >= 4 is 39.4 Å². The van der Waals surface area contributed by atoms with Crippen LogP contribution in [-0.4, -0.2) is 60.7 Å². The van der Waals surface area contributed by atoms with Gasteiger partial charge in [0.05, 0.1) is 22.1 Å². The number of benzene rings is 3. The molecule has 4 N–H and O–H groups in total. The molecule has 3 aromatic rings. The molecule has 226 valence electrons. The van der Waals surface area contributed by atoms with Gasteiger partial charge in [0.1, 0.15) is 6.04 Å². The van der Waals surface area contributed by atoms with Crippen LogP contribution < -0.4 is 15.4 Å². The summed E-state index contributed by atoms with van der Waals surface area (Å²) in [7, 11) is -3.92. The predicted octanol–water partition coefficient (Wildman–Crippen LogP) is 3.25. The topological polar surface area (TPSA) is 162 Å². The van der Waals surface area contributed by atoms with E-state index < -0.39 is 39.9 Å². The molecular formula is C31H34N4O7S. The molecule has 1 aliphatic heterocycles. The molecule has 43 heavy (non-hydrogen) atoms. The number of hydrogen-bond donors (Lipinski definition) is 4. The number of carbonyl (C=O) groups excluding carboxylic acids is 3. The molecule has 1 aliphatic rings. The van der Waals surface area contributed by atoms with Crippen molar-refractivity contribution < 1.29 is 32.7 Å². The lowest BCUT2D eigenvalue weighted by Crippen LogP contribution is -2.52. The van der Waals surface area contributed by atoms with Gasteiger partial charge in [-0.05, 0) is 54.7 Å². The van der Waals surface area contributed by atoms with Gasteiger partial charge in [-0.15, -0.1) is 0 Å². The molecule has 4 rings (SSSR count). The molecule has 0 bridgehead atoms. The van der Waals surface area contributed by atoms with Crippen LogP contribution in [0.15, 0.2) is 83.8 Å². The number of anilines is 1. The van der Waals surface area contributed by atoms with Crippen molar-refractivity contribution in [1.82, 2.24) is 15.5 Å². The minimum absolute atomic E-state index is 0.0102. The molecule has 0 radical (unpaired) electrons. The van der Waals surface area contributed by atoms with Gasteiger partial charge in [-0.25, -0.2) is 8.42 Å². The van der Waals surface area contributed by atoms with Gasteiger partial charge < -0.3 is 10.4 Å². The van der Waals surface area contributed by atoms with E-state index in [1.165, 1.54) is 30.3 Å². The summed E-state index contributed by atoms with van der Waals surface area (Å²) < 4.78 is 27.8. The van der Waals surface area contributed by atoms with Crippen molar-refractivity contribution in [3.8, 4) is 0 Å². The Morgan fingerprint density at radius 3 is 2.12 bits per heavy atom. The van der Waals surface area contributed by atoms with Crippen LogP contribution in [0.3, 0.4) is 0 Å². The van der Waals surface area contributed by atoms with Crippen molar-refractivity contribution in [2.75, 3.05) is 11.3 Å². The molecule has 0 spiro atoms. The van der Waals surface area contributed by atoms with Gasteiger partial charge in [0.2, 0.25) is 5.91 Å². The van der Waals surface area contributed by atoms with Crippen molar-refractivity contribution in [1.29, 1.82) is 0 Å². The average Bonchev–Trinajstić information content (AvgIpc) is 3.21. The Bertz CT molecular complexity index is 1590. The number of rotatable bonds is 14. The number of hydrogen-bond acceptors (Lipinski definition) is 7. The van der Waals surface area contributed by atoms with Gasteiger partial charge >= 0.3 is 5.97 Å². The van der Waals surface area contributed by atoms with Gasteiger partial charge in [-0.3, -0.25) is 34.1 Å². The third-order valence-electron chi connectivity index (χ3n) is 6.95.